The number of benzene rings is 2. The van der Waals surface area contributed by atoms with Crippen LogP contribution < -0.4 is 15.6 Å². The Bertz CT molecular complexity index is 1330. The molecular weight excluding hydrogens is 444 g/mol. The van der Waals surface area contributed by atoms with Gasteiger partial charge in [-0.3, -0.25) is 9.59 Å². The van der Waals surface area contributed by atoms with Gasteiger partial charge in [-0.2, -0.15) is 5.10 Å². The average Bonchev–Trinajstić information content (AvgIpc) is 2.80. The number of nitrogens with one attached hydrogen (secondary N) is 1. The van der Waals surface area contributed by atoms with Crippen molar-refractivity contribution in [1.82, 2.24) is 14.1 Å². The average molecular weight is 473 g/mol. The monoisotopic (exact) mass is 472 g/mol. The molecule has 0 radical (unpaired) electrons. The molecule has 1 heterocycles. The maximum Gasteiger partial charge on any atom is 0.276 e. The highest BCUT2D eigenvalue weighted by Crippen LogP contribution is 2.29. The molecule has 0 atom stereocenters. The molecule has 176 valence electrons. The van der Waals surface area contributed by atoms with E-state index < -0.39 is 15.9 Å². The number of hydrogen-bond acceptors (Lipinski definition) is 6. The van der Waals surface area contributed by atoms with Crippen molar-refractivity contribution in [2.45, 2.75) is 37.6 Å². The number of fused-ring (bicyclic) bond motifs is 1. The Morgan fingerprint density at radius 3 is 2.45 bits per heavy atom. The van der Waals surface area contributed by atoms with Crippen molar-refractivity contribution in [2.24, 2.45) is 0 Å². The molecule has 0 fully saturated rings. The van der Waals surface area contributed by atoms with Gasteiger partial charge in [-0.15, -0.1) is 0 Å². The molecule has 3 rings (SSSR count). The first kappa shape index (κ1) is 24.4. The largest absolute Gasteiger partial charge is 0.495 e. The number of carbonyl (C=O) groups is 1. The molecule has 1 N–H and O–H groups in total. The molecule has 10 heteroatoms. The van der Waals surface area contributed by atoms with Crippen LogP contribution in [0.1, 0.15) is 36.7 Å². The Labute approximate surface area is 193 Å². The number of unbranched alkanes of at least 4 members (excludes halogenated alkanes) is 2. The fourth-order valence-corrected chi connectivity index (χ4v) is 4.48. The molecular formula is C23H28N4O5S. The summed E-state index contributed by atoms with van der Waals surface area (Å²) in [6, 6.07) is 11.2. The zero-order valence-electron chi connectivity index (χ0n) is 19.2. The van der Waals surface area contributed by atoms with Crippen molar-refractivity contribution in [2.75, 3.05) is 26.5 Å². The number of nitrogens with zero attached hydrogens (tertiary/aromatic N) is 3. The molecule has 0 saturated heterocycles. The van der Waals surface area contributed by atoms with Crippen molar-refractivity contribution in [3.63, 3.8) is 0 Å². The molecule has 0 aliphatic rings. The molecule has 0 aliphatic heterocycles. The van der Waals surface area contributed by atoms with E-state index in [0.717, 1.165) is 23.6 Å². The third kappa shape index (κ3) is 5.07. The molecule has 0 spiro atoms. The predicted octanol–water partition coefficient (Wildman–Crippen LogP) is 3.10. The zero-order valence-corrected chi connectivity index (χ0v) is 20.0. The molecule has 1 amide bonds. The smallest absolute Gasteiger partial charge is 0.276 e. The normalized spacial score (nSPS) is 11.7. The number of rotatable bonds is 9. The molecule has 33 heavy (non-hydrogen) atoms. The topological polar surface area (TPSA) is 111 Å². The van der Waals surface area contributed by atoms with Gasteiger partial charge in [0.25, 0.3) is 11.5 Å². The maximum absolute atomic E-state index is 13.2. The second-order valence-corrected chi connectivity index (χ2v) is 9.86. The van der Waals surface area contributed by atoms with Crippen LogP contribution in [0.2, 0.25) is 0 Å². The van der Waals surface area contributed by atoms with Gasteiger partial charge in [-0.1, -0.05) is 38.0 Å². The first-order chi connectivity index (χ1) is 15.7. The predicted molar refractivity (Wildman–Crippen MR) is 127 cm³/mol. The van der Waals surface area contributed by atoms with Gasteiger partial charge >= 0.3 is 0 Å². The summed E-state index contributed by atoms with van der Waals surface area (Å²) in [5, 5.41) is 7.89. The maximum atomic E-state index is 13.2. The minimum Gasteiger partial charge on any atom is -0.495 e. The van der Waals surface area contributed by atoms with Crippen molar-refractivity contribution < 1.29 is 17.9 Å². The SMILES string of the molecule is CCCCCn1nc(C(=O)Nc2ccc(OC)c(S(=O)(=O)N(C)C)c2)c2ccccc2c1=O. The number of carbonyl (C=O) groups excluding carboxylic acids is 1. The van der Waals surface area contributed by atoms with Crippen molar-refractivity contribution in [1.29, 1.82) is 0 Å². The zero-order chi connectivity index (χ0) is 24.2. The van der Waals surface area contributed by atoms with E-state index in [2.05, 4.69) is 17.3 Å². The van der Waals surface area contributed by atoms with Crippen LogP contribution in [0.5, 0.6) is 5.75 Å². The van der Waals surface area contributed by atoms with E-state index in [1.807, 2.05) is 0 Å². The quantitative estimate of drug-likeness (QED) is 0.479. The summed E-state index contributed by atoms with van der Waals surface area (Å²) in [5.74, 6) is -0.386. The Morgan fingerprint density at radius 2 is 1.82 bits per heavy atom. The molecule has 1 aromatic heterocycles. The molecule has 2 aromatic carbocycles. The van der Waals surface area contributed by atoms with Crippen molar-refractivity contribution in [3.05, 3.63) is 58.5 Å². The molecule has 9 nitrogen and oxygen atoms in total. The summed E-state index contributed by atoms with van der Waals surface area (Å²) in [6.45, 7) is 2.47. The van der Waals surface area contributed by atoms with Crippen LogP contribution in [-0.2, 0) is 16.6 Å². The molecule has 0 saturated carbocycles. The Balaban J connectivity index is 2.04. The van der Waals surface area contributed by atoms with Gasteiger partial charge in [-0.05, 0) is 30.7 Å². The Morgan fingerprint density at radius 1 is 1.12 bits per heavy atom. The summed E-state index contributed by atoms with van der Waals surface area (Å²) in [4.78, 5) is 25.9. The molecule has 0 unspecified atom stereocenters. The lowest BCUT2D eigenvalue weighted by atomic mass is 10.1. The first-order valence-electron chi connectivity index (χ1n) is 10.6. The van der Waals surface area contributed by atoms with Gasteiger partial charge in [0.05, 0.1) is 12.5 Å². The van der Waals surface area contributed by atoms with Crippen LogP contribution >= 0.6 is 0 Å². The lowest BCUT2D eigenvalue weighted by Crippen LogP contribution is -2.28. The van der Waals surface area contributed by atoms with Gasteiger partial charge < -0.3 is 10.1 Å². The minimum atomic E-state index is -3.81. The van der Waals surface area contributed by atoms with E-state index in [1.165, 1.54) is 38.0 Å². The van der Waals surface area contributed by atoms with Crippen LogP contribution in [-0.4, -0.2) is 49.6 Å². The number of anilines is 1. The fourth-order valence-electron chi connectivity index (χ4n) is 3.41. The third-order valence-electron chi connectivity index (χ3n) is 5.24. The number of aryl methyl sites for hydroxylation is 1. The van der Waals surface area contributed by atoms with Gasteiger partial charge in [0.15, 0.2) is 5.69 Å². The lowest BCUT2D eigenvalue weighted by molar-refractivity contribution is 0.102. The van der Waals surface area contributed by atoms with Crippen LogP contribution in [0.25, 0.3) is 10.8 Å². The summed E-state index contributed by atoms with van der Waals surface area (Å²) >= 11 is 0. The van der Waals surface area contributed by atoms with Crippen LogP contribution in [0, 0.1) is 0 Å². The van der Waals surface area contributed by atoms with Crippen molar-refractivity contribution in [3.8, 4) is 5.75 Å². The summed E-state index contributed by atoms with van der Waals surface area (Å²) in [7, 11) is 0.398. The van der Waals surface area contributed by atoms with Gasteiger partial charge in [0, 0.05) is 31.7 Å². The highest BCUT2D eigenvalue weighted by Gasteiger charge is 2.24. The number of aromatic nitrogens is 2. The van der Waals surface area contributed by atoms with Gasteiger partial charge in [0.1, 0.15) is 10.6 Å². The molecule has 3 aromatic rings. The van der Waals surface area contributed by atoms with E-state index in [9.17, 15) is 18.0 Å². The number of ether oxygens (including phenoxy) is 1. The fraction of sp³-hybridized carbons (Fsp3) is 0.348. The highest BCUT2D eigenvalue weighted by atomic mass is 32.2. The van der Waals surface area contributed by atoms with Crippen LogP contribution in [0.4, 0.5) is 5.69 Å². The number of hydrogen-bond donors (Lipinski definition) is 1. The van der Waals surface area contributed by atoms with Crippen LogP contribution in [0.15, 0.2) is 52.2 Å². The molecule has 0 bridgehead atoms. The van der Waals surface area contributed by atoms with E-state index in [1.54, 1.807) is 30.3 Å². The number of sulfonamides is 1. The van der Waals surface area contributed by atoms with Gasteiger partial charge in [-0.25, -0.2) is 17.4 Å². The Hall–Kier alpha value is -3.24. The first-order valence-corrected chi connectivity index (χ1v) is 12.1. The second kappa shape index (κ2) is 10.1. The van der Waals surface area contributed by atoms with E-state index in [-0.39, 0.29) is 27.6 Å². The number of amides is 1. The van der Waals surface area contributed by atoms with Gasteiger partial charge in [0.2, 0.25) is 10.0 Å². The third-order valence-corrected chi connectivity index (χ3v) is 7.07. The summed E-state index contributed by atoms with van der Waals surface area (Å²) in [6.07, 6.45) is 2.70. The van der Waals surface area contributed by atoms with E-state index in [0.29, 0.717) is 17.3 Å². The second-order valence-electron chi connectivity index (χ2n) is 7.74. The molecule has 0 aliphatic carbocycles. The van der Waals surface area contributed by atoms with E-state index in [4.69, 9.17) is 4.74 Å². The van der Waals surface area contributed by atoms with E-state index >= 15 is 0 Å². The van der Waals surface area contributed by atoms with Crippen molar-refractivity contribution >= 4 is 32.4 Å². The minimum absolute atomic E-state index is 0.0739. The highest BCUT2D eigenvalue weighted by molar-refractivity contribution is 7.89. The Kier molecular flexibility index (Phi) is 7.50. The lowest BCUT2D eigenvalue weighted by Gasteiger charge is -2.16. The summed E-state index contributed by atoms with van der Waals surface area (Å²) < 4.78 is 32.9. The summed E-state index contributed by atoms with van der Waals surface area (Å²) in [5.41, 5.74) is 0.104. The number of methoxy groups -OCH3 is 1. The standard InChI is InChI=1S/C23H28N4O5S/c1-5-6-9-14-27-23(29)18-11-8-7-10-17(18)21(25-27)22(28)24-16-12-13-19(32-4)20(15-16)33(30,31)26(2)3/h7-8,10-13,15H,5-6,9,14H2,1-4H3,(H,24,28). The van der Waals surface area contributed by atoms with Crippen LogP contribution in [0.3, 0.4) is 0 Å².